The molecule has 2 unspecified atom stereocenters. The molecule has 1 saturated heterocycles. The summed E-state index contributed by atoms with van der Waals surface area (Å²) in [7, 11) is 0. The zero-order chi connectivity index (χ0) is 13.8. The van der Waals surface area contributed by atoms with E-state index < -0.39 is 0 Å². The molecule has 1 aliphatic heterocycles. The van der Waals surface area contributed by atoms with Crippen molar-refractivity contribution < 1.29 is 4.39 Å². The van der Waals surface area contributed by atoms with Gasteiger partial charge in [-0.15, -0.1) is 0 Å². The van der Waals surface area contributed by atoms with Crippen LogP contribution in [-0.2, 0) is 6.54 Å². The first kappa shape index (κ1) is 14.5. The van der Waals surface area contributed by atoms with E-state index in [1.54, 1.807) is 12.1 Å². The van der Waals surface area contributed by atoms with Crippen molar-refractivity contribution in [3.8, 4) is 0 Å². The highest BCUT2D eigenvalue weighted by molar-refractivity contribution is 5.17. The lowest BCUT2D eigenvalue weighted by Gasteiger charge is -2.39. The summed E-state index contributed by atoms with van der Waals surface area (Å²) in [5.74, 6) is 0.606. The maximum Gasteiger partial charge on any atom is 0.127 e. The average molecular weight is 264 g/mol. The molecule has 0 aromatic heterocycles. The Morgan fingerprint density at radius 2 is 2.11 bits per heavy atom. The SMILES string of the molecule is CC(C)CC1CN(Cc2ccccc2F)C(C)CN1. The Labute approximate surface area is 116 Å². The van der Waals surface area contributed by atoms with E-state index in [9.17, 15) is 4.39 Å². The van der Waals surface area contributed by atoms with E-state index >= 15 is 0 Å². The number of piperazine rings is 1. The van der Waals surface area contributed by atoms with Gasteiger partial charge in [0.2, 0.25) is 0 Å². The number of benzene rings is 1. The molecule has 3 heteroatoms. The molecule has 1 N–H and O–H groups in total. The van der Waals surface area contributed by atoms with Crippen LogP contribution >= 0.6 is 0 Å². The molecule has 0 aliphatic carbocycles. The van der Waals surface area contributed by atoms with Gasteiger partial charge in [0.15, 0.2) is 0 Å². The van der Waals surface area contributed by atoms with E-state index in [1.165, 1.54) is 6.42 Å². The number of nitrogens with one attached hydrogen (secondary N) is 1. The molecule has 0 saturated carbocycles. The van der Waals surface area contributed by atoms with E-state index in [0.29, 0.717) is 24.5 Å². The van der Waals surface area contributed by atoms with E-state index in [2.05, 4.69) is 31.0 Å². The van der Waals surface area contributed by atoms with Gasteiger partial charge in [0, 0.05) is 37.3 Å². The van der Waals surface area contributed by atoms with Crippen LogP contribution < -0.4 is 5.32 Å². The smallest absolute Gasteiger partial charge is 0.127 e. The van der Waals surface area contributed by atoms with Crippen LogP contribution in [-0.4, -0.2) is 30.1 Å². The highest BCUT2D eigenvalue weighted by atomic mass is 19.1. The molecule has 106 valence electrons. The van der Waals surface area contributed by atoms with E-state index in [-0.39, 0.29) is 5.82 Å². The van der Waals surface area contributed by atoms with Crippen LogP contribution in [0.3, 0.4) is 0 Å². The normalized spacial score (nSPS) is 24.9. The van der Waals surface area contributed by atoms with Gasteiger partial charge in [-0.1, -0.05) is 32.0 Å². The summed E-state index contributed by atoms with van der Waals surface area (Å²) in [4.78, 5) is 2.39. The second-order valence-corrected chi connectivity index (χ2v) is 6.10. The first-order valence-electron chi connectivity index (χ1n) is 7.27. The molecule has 1 fully saturated rings. The average Bonchev–Trinajstić information content (AvgIpc) is 2.35. The number of nitrogens with zero attached hydrogens (tertiary/aromatic N) is 1. The van der Waals surface area contributed by atoms with Crippen molar-refractivity contribution in [2.75, 3.05) is 13.1 Å². The van der Waals surface area contributed by atoms with Crippen LogP contribution in [0.25, 0.3) is 0 Å². The Balaban J connectivity index is 1.99. The van der Waals surface area contributed by atoms with Crippen molar-refractivity contribution in [2.24, 2.45) is 5.92 Å². The summed E-state index contributed by atoms with van der Waals surface area (Å²) in [6, 6.07) is 8.10. The topological polar surface area (TPSA) is 15.3 Å². The highest BCUT2D eigenvalue weighted by Gasteiger charge is 2.25. The van der Waals surface area contributed by atoms with Crippen molar-refractivity contribution in [1.29, 1.82) is 0 Å². The second kappa shape index (κ2) is 6.49. The number of hydrogen-bond acceptors (Lipinski definition) is 2. The summed E-state index contributed by atoms with van der Waals surface area (Å²) < 4.78 is 13.7. The quantitative estimate of drug-likeness (QED) is 0.899. The minimum Gasteiger partial charge on any atom is -0.311 e. The summed E-state index contributed by atoms with van der Waals surface area (Å²) in [6.07, 6.45) is 1.18. The fourth-order valence-corrected chi connectivity index (χ4v) is 2.79. The molecule has 2 nitrogen and oxygen atoms in total. The van der Waals surface area contributed by atoms with Gasteiger partial charge in [-0.2, -0.15) is 0 Å². The van der Waals surface area contributed by atoms with Gasteiger partial charge in [-0.25, -0.2) is 4.39 Å². The Bertz CT molecular complexity index is 405. The fourth-order valence-electron chi connectivity index (χ4n) is 2.79. The molecule has 0 amide bonds. The zero-order valence-corrected chi connectivity index (χ0v) is 12.2. The lowest BCUT2D eigenvalue weighted by atomic mass is 9.99. The highest BCUT2D eigenvalue weighted by Crippen LogP contribution is 2.17. The van der Waals surface area contributed by atoms with Crippen LogP contribution in [0, 0.1) is 11.7 Å². The molecule has 0 bridgehead atoms. The van der Waals surface area contributed by atoms with Crippen LogP contribution in [0.1, 0.15) is 32.8 Å². The van der Waals surface area contributed by atoms with E-state index in [4.69, 9.17) is 0 Å². The second-order valence-electron chi connectivity index (χ2n) is 6.10. The molecular formula is C16H25FN2. The molecule has 1 aliphatic rings. The summed E-state index contributed by atoms with van der Waals surface area (Å²) in [5.41, 5.74) is 0.805. The summed E-state index contributed by atoms with van der Waals surface area (Å²) in [5, 5.41) is 3.60. The van der Waals surface area contributed by atoms with Crippen molar-refractivity contribution >= 4 is 0 Å². The van der Waals surface area contributed by atoms with Crippen LogP contribution in [0.4, 0.5) is 4.39 Å². The monoisotopic (exact) mass is 264 g/mol. The first-order chi connectivity index (χ1) is 9.06. The van der Waals surface area contributed by atoms with Crippen LogP contribution in [0.2, 0.25) is 0 Å². The fraction of sp³-hybridized carbons (Fsp3) is 0.625. The third kappa shape index (κ3) is 4.02. The Morgan fingerprint density at radius 3 is 2.79 bits per heavy atom. The Morgan fingerprint density at radius 1 is 1.37 bits per heavy atom. The predicted molar refractivity (Wildman–Crippen MR) is 77.5 cm³/mol. The number of hydrogen-bond donors (Lipinski definition) is 1. The van der Waals surface area contributed by atoms with Gasteiger partial charge in [-0.3, -0.25) is 4.90 Å². The minimum atomic E-state index is -0.0892. The third-order valence-corrected chi connectivity index (χ3v) is 3.87. The maximum absolute atomic E-state index is 13.7. The number of halogens is 1. The Kier molecular flexibility index (Phi) is 4.94. The van der Waals surface area contributed by atoms with Crippen LogP contribution in [0.5, 0.6) is 0 Å². The lowest BCUT2D eigenvalue weighted by Crippen LogP contribution is -2.55. The zero-order valence-electron chi connectivity index (χ0n) is 12.2. The molecule has 0 radical (unpaired) electrons. The van der Waals surface area contributed by atoms with Crippen molar-refractivity contribution in [3.05, 3.63) is 35.6 Å². The lowest BCUT2D eigenvalue weighted by molar-refractivity contribution is 0.123. The molecule has 1 heterocycles. The standard InChI is InChI=1S/C16H25FN2/c1-12(2)8-15-11-19(13(3)9-18-15)10-14-6-4-5-7-16(14)17/h4-7,12-13,15,18H,8-11H2,1-3H3. The predicted octanol–water partition coefficient (Wildman–Crippen LogP) is 3.03. The van der Waals surface area contributed by atoms with Crippen molar-refractivity contribution in [1.82, 2.24) is 10.2 Å². The third-order valence-electron chi connectivity index (χ3n) is 3.87. The summed E-state index contributed by atoms with van der Waals surface area (Å²) in [6.45, 7) is 9.42. The number of rotatable bonds is 4. The van der Waals surface area contributed by atoms with Crippen molar-refractivity contribution in [3.63, 3.8) is 0 Å². The van der Waals surface area contributed by atoms with Gasteiger partial charge < -0.3 is 5.32 Å². The van der Waals surface area contributed by atoms with Gasteiger partial charge in [-0.05, 0) is 25.3 Å². The molecule has 1 aromatic rings. The Hall–Kier alpha value is -0.930. The van der Waals surface area contributed by atoms with Gasteiger partial charge in [0.1, 0.15) is 5.82 Å². The molecule has 2 atom stereocenters. The van der Waals surface area contributed by atoms with Crippen LogP contribution in [0.15, 0.2) is 24.3 Å². The molecule has 2 rings (SSSR count). The van der Waals surface area contributed by atoms with E-state index in [0.717, 1.165) is 18.7 Å². The molecular weight excluding hydrogens is 239 g/mol. The minimum absolute atomic E-state index is 0.0892. The van der Waals surface area contributed by atoms with Crippen molar-refractivity contribution in [2.45, 2.75) is 45.8 Å². The molecule has 1 aromatic carbocycles. The largest absolute Gasteiger partial charge is 0.311 e. The molecule has 0 spiro atoms. The molecule has 19 heavy (non-hydrogen) atoms. The van der Waals surface area contributed by atoms with Gasteiger partial charge in [0.05, 0.1) is 0 Å². The van der Waals surface area contributed by atoms with Gasteiger partial charge in [0.25, 0.3) is 0 Å². The summed E-state index contributed by atoms with van der Waals surface area (Å²) >= 11 is 0. The van der Waals surface area contributed by atoms with E-state index in [1.807, 2.05) is 12.1 Å². The first-order valence-corrected chi connectivity index (χ1v) is 7.27. The van der Waals surface area contributed by atoms with Gasteiger partial charge >= 0.3 is 0 Å². The maximum atomic E-state index is 13.7.